The van der Waals surface area contributed by atoms with E-state index in [0.29, 0.717) is 18.9 Å². The Bertz CT molecular complexity index is 882. The number of carboxylic acid groups (broad SMARTS) is 1. The molecule has 0 radical (unpaired) electrons. The number of likely N-dealkylation sites (tertiary alicyclic amines) is 1. The molecule has 0 unspecified atom stereocenters. The van der Waals surface area contributed by atoms with Crippen molar-refractivity contribution in [2.75, 3.05) is 44.5 Å². The molecule has 0 atom stereocenters. The first-order valence-electron chi connectivity index (χ1n) is 9.95. The normalized spacial score (nSPS) is 19.1. The number of ether oxygens (including phenoxy) is 3. The second-order valence-electron chi connectivity index (χ2n) is 7.59. The van der Waals surface area contributed by atoms with Crippen LogP contribution < -0.4 is 14.4 Å². The van der Waals surface area contributed by atoms with Gasteiger partial charge in [0.2, 0.25) is 12.7 Å². The van der Waals surface area contributed by atoms with Gasteiger partial charge < -0.3 is 24.2 Å². The number of hydrogen-bond donors (Lipinski definition) is 1. The Kier molecular flexibility index (Phi) is 6.82. The average Bonchev–Trinajstić information content (AvgIpc) is 3.20. The summed E-state index contributed by atoms with van der Waals surface area (Å²) >= 11 is 0. The fourth-order valence-electron chi connectivity index (χ4n) is 3.80. The third-order valence-corrected chi connectivity index (χ3v) is 5.54. The van der Waals surface area contributed by atoms with E-state index >= 15 is 0 Å². The quantitative estimate of drug-likeness (QED) is 0.538. The van der Waals surface area contributed by atoms with Gasteiger partial charge in [-0.15, -0.1) is 0 Å². The zero-order chi connectivity index (χ0) is 23.5. The van der Waals surface area contributed by atoms with Gasteiger partial charge in [0.1, 0.15) is 0 Å². The van der Waals surface area contributed by atoms with Crippen molar-refractivity contribution in [1.82, 2.24) is 4.90 Å². The number of anilines is 1. The second-order valence-corrected chi connectivity index (χ2v) is 7.59. The molecule has 1 aromatic rings. The lowest BCUT2D eigenvalue weighted by Gasteiger charge is -2.52. The second kappa shape index (κ2) is 9.23. The van der Waals surface area contributed by atoms with E-state index in [1.165, 1.54) is 0 Å². The first kappa shape index (κ1) is 23.6. The number of alkyl halides is 3. The summed E-state index contributed by atoms with van der Waals surface area (Å²) in [5.41, 5.74) is 0.579. The molecule has 2 saturated heterocycles. The van der Waals surface area contributed by atoms with Crippen molar-refractivity contribution in [1.29, 1.82) is 0 Å². The van der Waals surface area contributed by atoms with Crippen molar-refractivity contribution < 1.29 is 46.9 Å². The van der Waals surface area contributed by atoms with Crippen molar-refractivity contribution in [3.8, 4) is 11.5 Å². The molecule has 3 aliphatic heterocycles. The SMILES string of the molecule is CCOC(=O)CN1CCC2(CC1)CN(c1ccc3c(c1)OCO3)C2=O.O=C(O)C(F)(F)F. The summed E-state index contributed by atoms with van der Waals surface area (Å²) in [7, 11) is 0. The van der Waals surface area contributed by atoms with E-state index < -0.39 is 12.1 Å². The highest BCUT2D eigenvalue weighted by Crippen LogP contribution is 2.45. The van der Waals surface area contributed by atoms with Crippen molar-refractivity contribution >= 4 is 23.5 Å². The van der Waals surface area contributed by atoms with E-state index in [4.69, 9.17) is 24.1 Å². The molecule has 9 nitrogen and oxygen atoms in total. The smallest absolute Gasteiger partial charge is 0.475 e. The Balaban J connectivity index is 0.000000360. The van der Waals surface area contributed by atoms with Gasteiger partial charge in [0, 0.05) is 18.3 Å². The van der Waals surface area contributed by atoms with Crippen molar-refractivity contribution in [3.63, 3.8) is 0 Å². The lowest BCUT2D eigenvalue weighted by molar-refractivity contribution is -0.192. The molecule has 0 bridgehead atoms. The van der Waals surface area contributed by atoms with Gasteiger partial charge in [0.15, 0.2) is 11.5 Å². The fraction of sp³-hybridized carbons (Fsp3) is 0.550. The van der Waals surface area contributed by atoms with Crippen LogP contribution in [0.3, 0.4) is 0 Å². The van der Waals surface area contributed by atoms with Crippen LogP contribution in [0.25, 0.3) is 0 Å². The average molecular weight is 460 g/mol. The minimum atomic E-state index is -5.08. The number of piperidine rings is 1. The van der Waals surface area contributed by atoms with Crippen molar-refractivity contribution in [3.05, 3.63) is 18.2 Å². The minimum Gasteiger partial charge on any atom is -0.475 e. The standard InChI is InChI=1S/C18H22N2O5.C2HF3O2/c1-2-23-16(21)10-19-7-5-18(6-8-19)11-20(17(18)22)13-3-4-14-15(9-13)25-12-24-14;3-2(4,5)1(6)7/h3-4,9H,2,5-8,10-12H2,1H3;(H,6,7). The molecule has 4 rings (SSSR count). The zero-order valence-electron chi connectivity index (χ0n) is 17.3. The first-order chi connectivity index (χ1) is 15.1. The highest BCUT2D eigenvalue weighted by Gasteiger charge is 2.53. The number of esters is 1. The predicted octanol–water partition coefficient (Wildman–Crippen LogP) is 2.04. The van der Waals surface area contributed by atoms with Crippen LogP contribution in [0.15, 0.2) is 18.2 Å². The minimum absolute atomic E-state index is 0.169. The summed E-state index contributed by atoms with van der Waals surface area (Å²) < 4.78 is 47.4. The van der Waals surface area contributed by atoms with E-state index in [0.717, 1.165) is 43.9 Å². The molecule has 0 aliphatic carbocycles. The van der Waals surface area contributed by atoms with Crippen LogP contribution in [0, 0.1) is 5.41 Å². The molecule has 2 fully saturated rings. The summed E-state index contributed by atoms with van der Waals surface area (Å²) in [6.45, 7) is 4.97. The number of rotatable bonds is 4. The maximum atomic E-state index is 12.8. The number of carbonyl (C=O) groups is 3. The van der Waals surface area contributed by atoms with Crippen molar-refractivity contribution in [2.24, 2.45) is 5.41 Å². The molecule has 3 aliphatic rings. The Morgan fingerprint density at radius 1 is 1.19 bits per heavy atom. The number of β-lactam (4-membered cyclic amide) rings is 1. The van der Waals surface area contributed by atoms with Crippen LogP contribution in [-0.4, -0.2) is 73.6 Å². The number of nitrogens with zero attached hydrogens (tertiary/aromatic N) is 2. The number of benzene rings is 1. The number of fused-ring (bicyclic) bond motifs is 1. The Morgan fingerprint density at radius 2 is 1.81 bits per heavy atom. The number of carbonyl (C=O) groups excluding carboxylic acids is 2. The molecule has 1 amide bonds. The molecular formula is C20H23F3N2O7. The third kappa shape index (κ3) is 5.06. The van der Waals surface area contributed by atoms with Crippen LogP contribution in [0.5, 0.6) is 11.5 Å². The first-order valence-corrected chi connectivity index (χ1v) is 9.95. The highest BCUT2D eigenvalue weighted by molar-refractivity contribution is 6.04. The van der Waals surface area contributed by atoms with E-state index in [-0.39, 0.29) is 24.1 Å². The molecule has 32 heavy (non-hydrogen) atoms. The Hall–Kier alpha value is -3.02. The molecule has 176 valence electrons. The molecule has 3 heterocycles. The number of aliphatic carboxylic acids is 1. The zero-order valence-corrected chi connectivity index (χ0v) is 17.3. The van der Waals surface area contributed by atoms with Gasteiger partial charge in [0.05, 0.1) is 18.6 Å². The maximum absolute atomic E-state index is 12.8. The van der Waals surface area contributed by atoms with Crippen LogP contribution in [0.1, 0.15) is 19.8 Å². The van der Waals surface area contributed by atoms with E-state index in [2.05, 4.69) is 4.90 Å². The predicted molar refractivity (Wildman–Crippen MR) is 103 cm³/mol. The van der Waals surface area contributed by atoms with E-state index in [1.807, 2.05) is 23.1 Å². The summed E-state index contributed by atoms with van der Waals surface area (Å²) in [4.78, 5) is 37.2. The third-order valence-electron chi connectivity index (χ3n) is 5.54. The molecular weight excluding hydrogens is 437 g/mol. The molecule has 1 N–H and O–H groups in total. The Morgan fingerprint density at radius 3 is 2.38 bits per heavy atom. The molecule has 12 heteroatoms. The van der Waals surface area contributed by atoms with Gasteiger partial charge in [-0.2, -0.15) is 13.2 Å². The van der Waals surface area contributed by atoms with Crippen molar-refractivity contribution in [2.45, 2.75) is 25.9 Å². The largest absolute Gasteiger partial charge is 0.490 e. The summed E-state index contributed by atoms with van der Waals surface area (Å²) in [6.07, 6.45) is -3.52. The van der Waals surface area contributed by atoms with Gasteiger partial charge in [-0.25, -0.2) is 4.79 Å². The van der Waals surface area contributed by atoms with Gasteiger partial charge >= 0.3 is 18.1 Å². The molecule has 1 spiro atoms. The summed E-state index contributed by atoms with van der Waals surface area (Å²) in [5.74, 6) is -1.37. The fourth-order valence-corrected chi connectivity index (χ4v) is 3.80. The summed E-state index contributed by atoms with van der Waals surface area (Å²) in [5, 5.41) is 7.12. The van der Waals surface area contributed by atoms with Crippen LogP contribution >= 0.6 is 0 Å². The monoisotopic (exact) mass is 460 g/mol. The Labute approximate surface area is 181 Å². The van der Waals surface area contributed by atoms with Crippen LogP contribution in [0.2, 0.25) is 0 Å². The van der Waals surface area contributed by atoms with E-state index in [9.17, 15) is 22.8 Å². The number of hydrogen-bond acceptors (Lipinski definition) is 7. The number of halogens is 3. The number of carboxylic acids is 1. The van der Waals surface area contributed by atoms with E-state index in [1.54, 1.807) is 6.92 Å². The van der Waals surface area contributed by atoms with Gasteiger partial charge in [0.25, 0.3) is 0 Å². The van der Waals surface area contributed by atoms with Gasteiger partial charge in [-0.3, -0.25) is 14.5 Å². The lowest BCUT2D eigenvalue weighted by atomic mass is 9.71. The lowest BCUT2D eigenvalue weighted by Crippen LogP contribution is -2.65. The van der Waals surface area contributed by atoms with Crippen LogP contribution in [0.4, 0.5) is 18.9 Å². The molecule has 0 aromatic heterocycles. The van der Waals surface area contributed by atoms with Gasteiger partial charge in [-0.05, 0) is 45.0 Å². The van der Waals surface area contributed by atoms with Crippen LogP contribution in [-0.2, 0) is 19.1 Å². The summed E-state index contributed by atoms with van der Waals surface area (Å²) in [6, 6.07) is 5.61. The number of amides is 1. The molecule has 0 saturated carbocycles. The topological polar surface area (TPSA) is 106 Å². The highest BCUT2D eigenvalue weighted by atomic mass is 19.4. The molecule has 1 aromatic carbocycles. The van der Waals surface area contributed by atoms with Gasteiger partial charge in [-0.1, -0.05) is 0 Å². The maximum Gasteiger partial charge on any atom is 0.490 e.